The highest BCUT2D eigenvalue weighted by Gasteiger charge is 2.35. The number of hydrogen-bond donors (Lipinski definition) is 0. The minimum absolute atomic E-state index is 0.0135. The summed E-state index contributed by atoms with van der Waals surface area (Å²) in [6, 6.07) is 9.84. The molecule has 0 fully saturated rings. The van der Waals surface area contributed by atoms with Crippen molar-refractivity contribution in [2.45, 2.75) is 26.3 Å². The molecule has 3 aromatic heterocycles. The lowest BCUT2D eigenvalue weighted by molar-refractivity contribution is 0.0698. The smallest absolute Gasteiger partial charge is 0.255 e. The van der Waals surface area contributed by atoms with Crippen molar-refractivity contribution in [3.63, 3.8) is 0 Å². The molecular weight excluding hydrogens is 436 g/mol. The van der Waals surface area contributed by atoms with Crippen molar-refractivity contribution in [1.29, 1.82) is 0 Å². The van der Waals surface area contributed by atoms with Gasteiger partial charge in [0, 0.05) is 24.2 Å². The highest BCUT2D eigenvalue weighted by molar-refractivity contribution is 7.10. The Balaban J connectivity index is 1.68. The van der Waals surface area contributed by atoms with Crippen LogP contribution in [-0.2, 0) is 13.5 Å². The summed E-state index contributed by atoms with van der Waals surface area (Å²) in [5, 5.41) is 7.39. The lowest BCUT2D eigenvalue weighted by Gasteiger charge is -2.37. The van der Waals surface area contributed by atoms with Crippen LogP contribution in [0.25, 0.3) is 11.0 Å². The second-order valence-electron chi connectivity index (χ2n) is 8.29. The van der Waals surface area contributed by atoms with Crippen molar-refractivity contribution in [1.82, 2.24) is 19.7 Å². The van der Waals surface area contributed by atoms with Crippen LogP contribution in [0.3, 0.4) is 0 Å². The van der Waals surface area contributed by atoms with Gasteiger partial charge in [-0.05, 0) is 61.0 Å². The van der Waals surface area contributed by atoms with Crippen LogP contribution in [0.1, 0.15) is 43.8 Å². The molecule has 0 N–H and O–H groups in total. The number of ether oxygens (including phenoxy) is 2. The molecule has 1 atom stereocenters. The summed E-state index contributed by atoms with van der Waals surface area (Å²) < 4.78 is 12.9. The number of aromatic nitrogens is 3. The van der Waals surface area contributed by atoms with E-state index in [4.69, 9.17) is 9.47 Å². The predicted molar refractivity (Wildman–Crippen MR) is 128 cm³/mol. The van der Waals surface area contributed by atoms with Gasteiger partial charge in [0.1, 0.15) is 0 Å². The molecule has 170 valence electrons. The van der Waals surface area contributed by atoms with Gasteiger partial charge in [-0.2, -0.15) is 5.10 Å². The van der Waals surface area contributed by atoms with Gasteiger partial charge in [-0.3, -0.25) is 9.48 Å². The molecule has 0 spiro atoms. The van der Waals surface area contributed by atoms with E-state index >= 15 is 0 Å². The van der Waals surface area contributed by atoms with Crippen LogP contribution < -0.4 is 9.47 Å². The van der Waals surface area contributed by atoms with E-state index in [0.29, 0.717) is 23.6 Å². The summed E-state index contributed by atoms with van der Waals surface area (Å²) in [4.78, 5) is 21.8. The van der Waals surface area contributed by atoms with E-state index in [-0.39, 0.29) is 11.9 Å². The molecule has 4 aromatic rings. The monoisotopic (exact) mass is 462 g/mol. The highest BCUT2D eigenvalue weighted by atomic mass is 32.1. The van der Waals surface area contributed by atoms with Gasteiger partial charge in [-0.1, -0.05) is 6.07 Å². The number of rotatable bonds is 4. The van der Waals surface area contributed by atoms with Crippen molar-refractivity contribution in [3.05, 3.63) is 68.7 Å². The highest BCUT2D eigenvalue weighted by Crippen LogP contribution is 2.43. The zero-order valence-corrected chi connectivity index (χ0v) is 20.2. The maximum Gasteiger partial charge on any atom is 0.255 e. The molecule has 5 rings (SSSR count). The zero-order valence-electron chi connectivity index (χ0n) is 19.4. The number of carbonyl (C=O) groups is 1. The van der Waals surface area contributed by atoms with Gasteiger partial charge in [0.15, 0.2) is 17.1 Å². The van der Waals surface area contributed by atoms with Crippen molar-refractivity contribution < 1.29 is 14.3 Å². The first-order valence-corrected chi connectivity index (χ1v) is 11.7. The van der Waals surface area contributed by atoms with Crippen molar-refractivity contribution in [2.75, 3.05) is 20.8 Å². The normalized spacial score (nSPS) is 15.5. The standard InChI is InChI=1S/C25H26N4O3S/c1-14-11-18(22-15(2)27-28(3)24(22)26-14)25(30)29-9-8-16-12-19(31-4)20(32-5)13-17(16)23(29)21-7-6-10-33-21/h6-7,10-13,23H,8-9H2,1-5H3. The minimum atomic E-state index is -0.207. The molecule has 8 heteroatoms. The molecule has 1 aliphatic rings. The Labute approximate surface area is 196 Å². The molecule has 0 bridgehead atoms. The van der Waals surface area contributed by atoms with E-state index in [0.717, 1.165) is 39.3 Å². The second-order valence-corrected chi connectivity index (χ2v) is 9.27. The molecule has 7 nitrogen and oxygen atoms in total. The van der Waals surface area contributed by atoms with E-state index in [1.807, 2.05) is 55.4 Å². The molecule has 4 heterocycles. The number of carbonyl (C=O) groups excluding carboxylic acids is 1. The molecule has 1 aromatic carbocycles. The van der Waals surface area contributed by atoms with E-state index < -0.39 is 0 Å². The zero-order chi connectivity index (χ0) is 23.3. The number of nitrogens with zero attached hydrogens (tertiary/aromatic N) is 4. The number of pyridine rings is 1. The summed E-state index contributed by atoms with van der Waals surface area (Å²) in [6.07, 6.45) is 0.739. The molecule has 0 saturated heterocycles. The van der Waals surface area contributed by atoms with Crippen LogP contribution in [0.5, 0.6) is 11.5 Å². The van der Waals surface area contributed by atoms with Crippen molar-refractivity contribution in [2.24, 2.45) is 7.05 Å². The number of hydrogen-bond acceptors (Lipinski definition) is 6. The largest absolute Gasteiger partial charge is 0.493 e. The van der Waals surface area contributed by atoms with Crippen molar-refractivity contribution in [3.8, 4) is 11.5 Å². The van der Waals surface area contributed by atoms with Gasteiger partial charge in [0.2, 0.25) is 0 Å². The number of benzene rings is 1. The number of aryl methyl sites for hydroxylation is 3. The summed E-state index contributed by atoms with van der Waals surface area (Å²) in [5.41, 5.74) is 5.22. The molecule has 33 heavy (non-hydrogen) atoms. The van der Waals surface area contributed by atoms with Gasteiger partial charge in [0.25, 0.3) is 5.91 Å². The van der Waals surface area contributed by atoms with Gasteiger partial charge in [0.05, 0.1) is 36.9 Å². The number of amides is 1. The lowest BCUT2D eigenvalue weighted by atomic mass is 9.90. The van der Waals surface area contributed by atoms with Crippen LogP contribution in [0.15, 0.2) is 35.7 Å². The molecule has 0 aliphatic carbocycles. The first-order chi connectivity index (χ1) is 15.9. The van der Waals surface area contributed by atoms with Crippen LogP contribution >= 0.6 is 11.3 Å². The average molecular weight is 463 g/mol. The van der Waals surface area contributed by atoms with E-state index in [2.05, 4.69) is 16.1 Å². The topological polar surface area (TPSA) is 69.5 Å². The summed E-state index contributed by atoms with van der Waals surface area (Å²) in [6.45, 7) is 4.44. The summed E-state index contributed by atoms with van der Waals surface area (Å²) in [7, 11) is 5.14. The SMILES string of the molecule is COc1cc2c(cc1OC)C(c1cccs1)N(C(=O)c1cc(C)nc3c1c(C)nn3C)CC2. The van der Waals surface area contributed by atoms with Crippen molar-refractivity contribution >= 4 is 28.3 Å². The summed E-state index contributed by atoms with van der Waals surface area (Å²) in [5.74, 6) is 1.36. The number of thiophene rings is 1. The Hall–Kier alpha value is -3.39. The number of fused-ring (bicyclic) bond motifs is 2. The predicted octanol–water partition coefficient (Wildman–Crippen LogP) is 4.45. The van der Waals surface area contributed by atoms with Crippen LogP contribution in [0.2, 0.25) is 0 Å². The van der Waals surface area contributed by atoms with Crippen LogP contribution in [0, 0.1) is 13.8 Å². The summed E-state index contributed by atoms with van der Waals surface area (Å²) >= 11 is 1.65. The Morgan fingerprint density at radius 1 is 1.15 bits per heavy atom. The Bertz CT molecular complexity index is 1360. The molecule has 0 radical (unpaired) electrons. The Morgan fingerprint density at radius 3 is 2.61 bits per heavy atom. The third-order valence-electron chi connectivity index (χ3n) is 6.27. The molecule has 1 amide bonds. The number of methoxy groups -OCH3 is 2. The minimum Gasteiger partial charge on any atom is -0.493 e. The quantitative estimate of drug-likeness (QED) is 0.448. The molecule has 1 unspecified atom stereocenters. The van der Waals surface area contributed by atoms with Gasteiger partial charge < -0.3 is 14.4 Å². The molecule has 0 saturated carbocycles. The van der Waals surface area contributed by atoms with Gasteiger partial charge in [-0.25, -0.2) is 4.98 Å². The first-order valence-electron chi connectivity index (χ1n) is 10.8. The third-order valence-corrected chi connectivity index (χ3v) is 7.20. The average Bonchev–Trinajstić information content (AvgIpc) is 3.44. The fourth-order valence-electron chi connectivity index (χ4n) is 4.81. The van der Waals surface area contributed by atoms with E-state index in [1.165, 1.54) is 5.56 Å². The third kappa shape index (κ3) is 3.45. The van der Waals surface area contributed by atoms with E-state index in [1.54, 1.807) is 30.2 Å². The van der Waals surface area contributed by atoms with Gasteiger partial charge in [-0.15, -0.1) is 11.3 Å². The molecular formula is C25H26N4O3S. The van der Waals surface area contributed by atoms with E-state index in [9.17, 15) is 4.79 Å². The maximum atomic E-state index is 14.1. The van der Waals surface area contributed by atoms with Crippen LogP contribution in [-0.4, -0.2) is 46.3 Å². The first kappa shape index (κ1) is 21.5. The fraction of sp³-hybridized carbons (Fsp3) is 0.320. The molecule has 1 aliphatic heterocycles. The Morgan fingerprint density at radius 2 is 1.91 bits per heavy atom. The van der Waals surface area contributed by atoms with Crippen LogP contribution in [0.4, 0.5) is 0 Å². The fourth-order valence-corrected chi connectivity index (χ4v) is 5.67. The Kier molecular flexibility index (Phi) is 5.32. The second kappa shape index (κ2) is 8.19. The maximum absolute atomic E-state index is 14.1. The van der Waals surface area contributed by atoms with Gasteiger partial charge >= 0.3 is 0 Å². The lowest BCUT2D eigenvalue weighted by Crippen LogP contribution is -2.40.